The number of hydrogen-bond donors (Lipinski definition) is 1. The van der Waals surface area contributed by atoms with E-state index in [1.165, 1.54) is 29.2 Å². The molecule has 1 N–H and O–H groups in total. The van der Waals surface area contributed by atoms with E-state index in [0.29, 0.717) is 4.88 Å². The van der Waals surface area contributed by atoms with E-state index in [0.717, 1.165) is 21.4 Å². The van der Waals surface area contributed by atoms with Gasteiger partial charge in [-0.2, -0.15) is 10.2 Å². The molecule has 0 saturated carbocycles. The molecular weight excluding hydrogens is 468 g/mol. The van der Waals surface area contributed by atoms with Gasteiger partial charge in [0.25, 0.3) is 5.91 Å². The number of halogens is 1. The fourth-order valence-electron chi connectivity index (χ4n) is 2.28. The first-order chi connectivity index (χ1) is 13.8. The Labute approximate surface area is 175 Å². The van der Waals surface area contributed by atoms with E-state index in [4.69, 9.17) is 0 Å². The molecule has 0 bridgehead atoms. The highest BCUT2D eigenvalue weighted by Gasteiger charge is 2.25. The lowest BCUT2D eigenvalue weighted by Gasteiger charge is -2.01. The minimum Gasteiger partial charge on any atom is -0.265 e. The summed E-state index contributed by atoms with van der Waals surface area (Å²) in [6.45, 7) is 0.240. The maximum atomic E-state index is 12.3. The summed E-state index contributed by atoms with van der Waals surface area (Å²) in [6.07, 6.45) is 2.38. The average molecular weight is 479 g/mol. The van der Waals surface area contributed by atoms with Gasteiger partial charge in [0.05, 0.1) is 27.5 Å². The normalized spacial score (nSPS) is 10.9. The van der Waals surface area contributed by atoms with Crippen molar-refractivity contribution in [1.29, 1.82) is 0 Å². The molecule has 0 radical (unpaired) electrons. The molecule has 0 saturated heterocycles. The molecule has 1 amide bonds. The van der Waals surface area contributed by atoms with Gasteiger partial charge in [0.1, 0.15) is 6.20 Å². The van der Waals surface area contributed by atoms with Crippen LogP contribution in [-0.2, 0) is 6.54 Å². The van der Waals surface area contributed by atoms with E-state index in [1.54, 1.807) is 0 Å². The molecule has 0 spiro atoms. The third kappa shape index (κ3) is 5.08. The Morgan fingerprint density at radius 1 is 1.21 bits per heavy atom. The number of thiophene rings is 1. The Morgan fingerprint density at radius 2 is 1.93 bits per heavy atom. The zero-order valence-corrected chi connectivity index (χ0v) is 16.8. The zero-order valence-electron chi connectivity index (χ0n) is 14.4. The fourth-order valence-corrected chi connectivity index (χ4v) is 3.24. The molecule has 0 fully saturated rings. The molecule has 2 aromatic heterocycles. The first-order valence-corrected chi connectivity index (χ1v) is 9.48. The van der Waals surface area contributed by atoms with Crippen LogP contribution in [0.15, 0.2) is 52.2 Å². The number of benzene rings is 1. The van der Waals surface area contributed by atoms with Gasteiger partial charge in [-0.05, 0) is 23.8 Å². The van der Waals surface area contributed by atoms with Crippen LogP contribution >= 0.6 is 27.3 Å². The minimum atomic E-state index is -0.867. The highest BCUT2D eigenvalue weighted by Crippen LogP contribution is 2.22. The first kappa shape index (κ1) is 20.3. The summed E-state index contributed by atoms with van der Waals surface area (Å²) in [4.78, 5) is 33.4. The summed E-state index contributed by atoms with van der Waals surface area (Å²) in [5, 5.41) is 29.5. The van der Waals surface area contributed by atoms with Crippen LogP contribution in [0.25, 0.3) is 0 Å². The van der Waals surface area contributed by atoms with E-state index in [1.807, 2.05) is 24.3 Å². The molecule has 11 nitrogen and oxygen atoms in total. The van der Waals surface area contributed by atoms with Gasteiger partial charge in [0.15, 0.2) is 0 Å². The smallest absolute Gasteiger partial charge is 0.265 e. The third-order valence-electron chi connectivity index (χ3n) is 3.56. The maximum Gasteiger partial charge on any atom is 0.324 e. The van der Waals surface area contributed by atoms with Crippen LogP contribution < -0.4 is 5.43 Å². The first-order valence-electron chi connectivity index (χ1n) is 7.87. The monoisotopic (exact) mass is 478 g/mol. The highest BCUT2D eigenvalue weighted by atomic mass is 79.9. The number of carbonyl (C=O) groups is 1. The van der Waals surface area contributed by atoms with Gasteiger partial charge in [-0.15, -0.1) is 0 Å². The van der Waals surface area contributed by atoms with Crippen molar-refractivity contribution in [3.05, 3.63) is 83.4 Å². The van der Waals surface area contributed by atoms with Gasteiger partial charge >= 0.3 is 10.7 Å². The molecule has 3 aromatic rings. The Bertz CT molecular complexity index is 1110. The predicted octanol–water partition coefficient (Wildman–Crippen LogP) is 3.34. The fraction of sp³-hybridized carbons (Fsp3) is 0.0625. The second kappa shape index (κ2) is 8.70. The van der Waals surface area contributed by atoms with Crippen LogP contribution in [-0.4, -0.2) is 31.7 Å². The third-order valence-corrected chi connectivity index (χ3v) is 5.06. The Balaban J connectivity index is 1.73. The van der Waals surface area contributed by atoms with Crippen molar-refractivity contribution >= 4 is 50.1 Å². The molecule has 3 rings (SSSR count). The minimum absolute atomic E-state index is 0.0694. The van der Waals surface area contributed by atoms with Crippen LogP contribution in [0.5, 0.6) is 0 Å². The lowest BCUT2D eigenvalue weighted by atomic mass is 10.2. The average Bonchev–Trinajstić information content (AvgIpc) is 3.31. The van der Waals surface area contributed by atoms with Gasteiger partial charge in [-0.1, -0.05) is 39.4 Å². The van der Waals surface area contributed by atoms with E-state index in [9.17, 15) is 25.0 Å². The molecule has 1 aromatic carbocycles. The highest BCUT2D eigenvalue weighted by molar-refractivity contribution is 9.10. The van der Waals surface area contributed by atoms with Gasteiger partial charge in [-0.3, -0.25) is 29.7 Å². The Morgan fingerprint density at radius 3 is 2.55 bits per heavy atom. The quantitative estimate of drug-likeness (QED) is 0.313. The number of hydrazone groups is 1. The van der Waals surface area contributed by atoms with Gasteiger partial charge in [0.2, 0.25) is 5.69 Å². The number of rotatable bonds is 7. The summed E-state index contributed by atoms with van der Waals surface area (Å²) in [7, 11) is 0. The molecule has 0 atom stereocenters. The number of nitrogens with zero attached hydrogens (tertiary/aromatic N) is 5. The lowest BCUT2D eigenvalue weighted by Crippen LogP contribution is -2.19. The molecule has 2 heterocycles. The van der Waals surface area contributed by atoms with Crippen LogP contribution in [0.3, 0.4) is 0 Å². The van der Waals surface area contributed by atoms with E-state index >= 15 is 0 Å². The Hall–Kier alpha value is -3.45. The van der Waals surface area contributed by atoms with Gasteiger partial charge in [-0.25, -0.2) is 5.43 Å². The SMILES string of the molecule is O=C(N/N=C/c1ccc([N+](=O)[O-])s1)c1nn(Cc2ccc(Br)cc2)cc1[N+](=O)[O-]. The second-order valence-electron chi connectivity index (χ2n) is 5.58. The van der Waals surface area contributed by atoms with E-state index < -0.39 is 21.4 Å². The molecule has 148 valence electrons. The predicted molar refractivity (Wildman–Crippen MR) is 108 cm³/mol. The molecular formula is C16H11BrN6O5S. The number of amides is 1. The molecule has 0 aliphatic rings. The molecule has 0 aliphatic heterocycles. The topological polar surface area (TPSA) is 146 Å². The van der Waals surface area contributed by atoms with Crippen LogP contribution in [0.2, 0.25) is 0 Å². The van der Waals surface area contributed by atoms with Crippen molar-refractivity contribution in [2.45, 2.75) is 6.54 Å². The Kier molecular flexibility index (Phi) is 6.09. The standard InChI is InChI=1S/C16H11BrN6O5S/c17-11-3-1-10(2-4-11)8-21-9-13(22(25)26)15(20-21)16(24)19-18-7-12-5-6-14(29-12)23(27)28/h1-7,9H,8H2,(H,19,24)/b18-7+. The van der Waals surface area contributed by atoms with Crippen molar-refractivity contribution in [1.82, 2.24) is 15.2 Å². The van der Waals surface area contributed by atoms with Crippen LogP contribution in [0.4, 0.5) is 10.7 Å². The number of aromatic nitrogens is 2. The zero-order chi connectivity index (χ0) is 21.0. The van der Waals surface area contributed by atoms with Gasteiger partial charge < -0.3 is 0 Å². The number of nitro groups is 2. The summed E-state index contributed by atoms with van der Waals surface area (Å²) in [6, 6.07) is 10.1. The lowest BCUT2D eigenvalue weighted by molar-refractivity contribution is -0.385. The largest absolute Gasteiger partial charge is 0.324 e. The van der Waals surface area contributed by atoms with Gasteiger partial charge in [0, 0.05) is 10.5 Å². The van der Waals surface area contributed by atoms with E-state index in [2.05, 4.69) is 31.6 Å². The van der Waals surface area contributed by atoms with Crippen molar-refractivity contribution in [3.63, 3.8) is 0 Å². The summed E-state index contributed by atoms with van der Waals surface area (Å²) >= 11 is 4.20. The van der Waals surface area contributed by atoms with Crippen LogP contribution in [0.1, 0.15) is 20.9 Å². The van der Waals surface area contributed by atoms with Crippen molar-refractivity contribution in [2.24, 2.45) is 5.10 Å². The summed E-state index contributed by atoms with van der Waals surface area (Å²) in [5.41, 5.74) is 2.14. The molecule has 0 unspecified atom stereocenters. The second-order valence-corrected chi connectivity index (χ2v) is 7.59. The van der Waals surface area contributed by atoms with Crippen molar-refractivity contribution in [3.8, 4) is 0 Å². The summed E-state index contributed by atoms with van der Waals surface area (Å²) < 4.78 is 2.18. The molecule has 13 heteroatoms. The van der Waals surface area contributed by atoms with Crippen LogP contribution in [0, 0.1) is 20.2 Å². The van der Waals surface area contributed by atoms with E-state index in [-0.39, 0.29) is 17.2 Å². The number of carbonyl (C=O) groups excluding carboxylic acids is 1. The van der Waals surface area contributed by atoms with Crippen molar-refractivity contribution < 1.29 is 14.6 Å². The number of nitrogens with one attached hydrogen (secondary N) is 1. The maximum absolute atomic E-state index is 12.3. The molecule has 29 heavy (non-hydrogen) atoms. The number of hydrogen-bond acceptors (Lipinski definition) is 8. The van der Waals surface area contributed by atoms with Crippen molar-refractivity contribution in [2.75, 3.05) is 0 Å². The summed E-state index contributed by atoms with van der Waals surface area (Å²) in [5.74, 6) is -0.867. The molecule has 0 aliphatic carbocycles.